The summed E-state index contributed by atoms with van der Waals surface area (Å²) < 4.78 is 9.64. The minimum Gasteiger partial charge on any atom is -0.496 e. The summed E-state index contributed by atoms with van der Waals surface area (Å²) >= 11 is 0. The van der Waals surface area contributed by atoms with Crippen LogP contribution in [-0.4, -0.2) is 40.9 Å². The maximum Gasteiger partial charge on any atom is 0.308 e. The fourth-order valence-corrected chi connectivity index (χ4v) is 1.77. The summed E-state index contributed by atoms with van der Waals surface area (Å²) in [7, 11) is 1.28. The fraction of sp³-hybridized carbons (Fsp3) is 0.462. The number of hydrogen-bond acceptors (Lipinski definition) is 7. The summed E-state index contributed by atoms with van der Waals surface area (Å²) in [6, 6.07) is 3.59. The first-order chi connectivity index (χ1) is 9.90. The van der Waals surface area contributed by atoms with Gasteiger partial charge >= 0.3 is 5.97 Å². The molecule has 0 bridgehead atoms. The quantitative estimate of drug-likeness (QED) is 0.437. The number of nitro benzene ring substituents is 1. The number of carbonyl (C=O) groups is 1. The van der Waals surface area contributed by atoms with Gasteiger partial charge in [0.15, 0.2) is 0 Å². The normalized spacial score (nSPS) is 13.3. The van der Waals surface area contributed by atoms with Gasteiger partial charge in [0.2, 0.25) is 0 Å². The van der Waals surface area contributed by atoms with Crippen molar-refractivity contribution < 1.29 is 29.4 Å². The Bertz CT molecular complexity index is 517. The second-order valence-corrected chi connectivity index (χ2v) is 4.20. The number of aliphatic hydroxyl groups excluding tert-OH is 2. The smallest absolute Gasteiger partial charge is 0.308 e. The molecular weight excluding hydrogens is 282 g/mol. The Morgan fingerprint density at radius 2 is 2.10 bits per heavy atom. The van der Waals surface area contributed by atoms with E-state index in [0.29, 0.717) is 0 Å². The molecule has 0 fully saturated rings. The second kappa shape index (κ2) is 7.55. The van der Waals surface area contributed by atoms with Crippen LogP contribution in [0.3, 0.4) is 0 Å². The lowest BCUT2D eigenvalue weighted by Gasteiger charge is -2.19. The van der Waals surface area contributed by atoms with Gasteiger partial charge in [-0.1, -0.05) is 0 Å². The van der Waals surface area contributed by atoms with Gasteiger partial charge in [-0.2, -0.15) is 0 Å². The number of methoxy groups -OCH3 is 1. The molecule has 1 aromatic carbocycles. The van der Waals surface area contributed by atoms with Gasteiger partial charge in [-0.15, -0.1) is 0 Å². The van der Waals surface area contributed by atoms with E-state index in [1.165, 1.54) is 19.2 Å². The number of benzene rings is 1. The number of carbonyl (C=O) groups excluding carboxylic acids is 1. The highest BCUT2D eigenvalue weighted by molar-refractivity contribution is 5.70. The van der Waals surface area contributed by atoms with Crippen LogP contribution in [0.1, 0.15) is 25.0 Å². The van der Waals surface area contributed by atoms with E-state index in [2.05, 4.69) is 4.74 Å². The van der Waals surface area contributed by atoms with Crippen LogP contribution in [0.15, 0.2) is 18.2 Å². The molecule has 0 aliphatic heterocycles. The van der Waals surface area contributed by atoms with Gasteiger partial charge in [-0.3, -0.25) is 14.9 Å². The number of rotatable bonds is 7. The summed E-state index contributed by atoms with van der Waals surface area (Å²) in [6.07, 6.45) is -3.22. The zero-order chi connectivity index (χ0) is 16.0. The van der Waals surface area contributed by atoms with Crippen molar-refractivity contribution in [3.05, 3.63) is 33.9 Å². The molecule has 0 aromatic heterocycles. The Morgan fingerprint density at radius 3 is 2.62 bits per heavy atom. The SMILES string of the molecule is CCOC(=O)CC(O)C(O)c1ccc([N+](=O)[O-])cc1OC. The monoisotopic (exact) mass is 299 g/mol. The molecule has 1 aromatic rings. The van der Waals surface area contributed by atoms with Crippen LogP contribution in [-0.2, 0) is 9.53 Å². The van der Waals surface area contributed by atoms with Crippen LogP contribution < -0.4 is 4.74 Å². The van der Waals surface area contributed by atoms with Crippen LogP contribution in [0.5, 0.6) is 5.75 Å². The molecule has 116 valence electrons. The van der Waals surface area contributed by atoms with Gasteiger partial charge in [0.1, 0.15) is 11.9 Å². The minimum atomic E-state index is -1.43. The van der Waals surface area contributed by atoms with Crippen molar-refractivity contribution in [2.45, 2.75) is 25.6 Å². The molecule has 8 heteroatoms. The lowest BCUT2D eigenvalue weighted by molar-refractivity contribution is -0.385. The van der Waals surface area contributed by atoms with Gasteiger partial charge in [-0.05, 0) is 13.0 Å². The highest BCUT2D eigenvalue weighted by Gasteiger charge is 2.26. The molecule has 21 heavy (non-hydrogen) atoms. The lowest BCUT2D eigenvalue weighted by Crippen LogP contribution is -2.23. The van der Waals surface area contributed by atoms with Gasteiger partial charge < -0.3 is 19.7 Å². The molecule has 2 atom stereocenters. The molecule has 2 unspecified atom stereocenters. The van der Waals surface area contributed by atoms with E-state index in [9.17, 15) is 25.1 Å². The standard InChI is InChI=1S/C13H17NO7/c1-3-21-12(16)7-10(15)13(17)9-5-4-8(14(18)19)6-11(9)20-2/h4-6,10,13,15,17H,3,7H2,1-2H3. The number of nitro groups is 1. The van der Waals surface area contributed by atoms with E-state index in [-0.39, 0.29) is 23.6 Å². The number of esters is 1. The Balaban J connectivity index is 2.93. The number of ether oxygens (including phenoxy) is 2. The van der Waals surface area contributed by atoms with Crippen molar-refractivity contribution >= 4 is 11.7 Å². The van der Waals surface area contributed by atoms with Crippen molar-refractivity contribution in [3.8, 4) is 5.75 Å². The third-order valence-corrected chi connectivity index (χ3v) is 2.79. The van der Waals surface area contributed by atoms with E-state index in [4.69, 9.17) is 4.74 Å². The Kier molecular flexibility index (Phi) is 6.07. The van der Waals surface area contributed by atoms with E-state index in [1.807, 2.05) is 0 Å². The van der Waals surface area contributed by atoms with Crippen LogP contribution in [0.4, 0.5) is 5.69 Å². The third-order valence-electron chi connectivity index (χ3n) is 2.79. The van der Waals surface area contributed by atoms with Crippen molar-refractivity contribution in [1.29, 1.82) is 0 Å². The number of nitrogens with zero attached hydrogens (tertiary/aromatic N) is 1. The number of non-ortho nitro benzene ring substituents is 1. The zero-order valence-electron chi connectivity index (χ0n) is 11.7. The summed E-state index contributed by atoms with van der Waals surface area (Å²) in [5, 5.41) is 30.5. The topological polar surface area (TPSA) is 119 Å². The van der Waals surface area contributed by atoms with Crippen LogP contribution in [0, 0.1) is 10.1 Å². The van der Waals surface area contributed by atoms with Gasteiger partial charge in [-0.25, -0.2) is 0 Å². The van der Waals surface area contributed by atoms with Crippen molar-refractivity contribution in [1.82, 2.24) is 0 Å². The Hall–Kier alpha value is -2.19. The predicted molar refractivity (Wildman–Crippen MR) is 71.9 cm³/mol. The second-order valence-electron chi connectivity index (χ2n) is 4.20. The van der Waals surface area contributed by atoms with Gasteiger partial charge in [0, 0.05) is 11.6 Å². The van der Waals surface area contributed by atoms with Crippen LogP contribution >= 0.6 is 0 Å². The van der Waals surface area contributed by atoms with Gasteiger partial charge in [0.05, 0.1) is 37.2 Å². The summed E-state index contributed by atoms with van der Waals surface area (Å²) in [5.74, 6) is -0.593. The molecule has 8 nitrogen and oxygen atoms in total. The fourth-order valence-electron chi connectivity index (χ4n) is 1.77. The molecular formula is C13H17NO7. The third kappa shape index (κ3) is 4.40. The van der Waals surface area contributed by atoms with Gasteiger partial charge in [0.25, 0.3) is 5.69 Å². The summed E-state index contributed by atoms with van der Waals surface area (Å²) in [4.78, 5) is 21.3. The molecule has 0 saturated carbocycles. The molecule has 2 N–H and O–H groups in total. The Labute approximate surface area is 121 Å². The molecule has 0 amide bonds. The summed E-state index contributed by atoms with van der Waals surface area (Å²) in [6.45, 7) is 1.79. The number of hydrogen-bond donors (Lipinski definition) is 2. The first kappa shape index (κ1) is 16.9. The average molecular weight is 299 g/mol. The van der Waals surface area contributed by atoms with Crippen LogP contribution in [0.2, 0.25) is 0 Å². The van der Waals surface area contributed by atoms with Crippen molar-refractivity contribution in [2.75, 3.05) is 13.7 Å². The molecule has 0 aliphatic carbocycles. The molecule has 0 radical (unpaired) electrons. The van der Waals surface area contributed by atoms with E-state index in [0.717, 1.165) is 6.07 Å². The molecule has 1 rings (SSSR count). The molecule has 0 aliphatic rings. The predicted octanol–water partition coefficient (Wildman–Crippen LogP) is 0.951. The summed E-state index contributed by atoms with van der Waals surface area (Å²) in [5.41, 5.74) is -0.0532. The first-order valence-corrected chi connectivity index (χ1v) is 6.24. The zero-order valence-corrected chi connectivity index (χ0v) is 11.7. The maximum absolute atomic E-state index is 11.3. The first-order valence-electron chi connectivity index (χ1n) is 6.24. The lowest BCUT2D eigenvalue weighted by atomic mass is 10.0. The van der Waals surface area contributed by atoms with E-state index in [1.54, 1.807) is 6.92 Å². The van der Waals surface area contributed by atoms with Crippen molar-refractivity contribution in [3.63, 3.8) is 0 Å². The molecule has 0 spiro atoms. The van der Waals surface area contributed by atoms with Crippen molar-refractivity contribution in [2.24, 2.45) is 0 Å². The minimum absolute atomic E-state index is 0.0552. The van der Waals surface area contributed by atoms with Crippen LogP contribution in [0.25, 0.3) is 0 Å². The largest absolute Gasteiger partial charge is 0.496 e. The van der Waals surface area contributed by atoms with E-state index >= 15 is 0 Å². The number of aliphatic hydroxyl groups is 2. The molecule has 0 heterocycles. The highest BCUT2D eigenvalue weighted by atomic mass is 16.6. The average Bonchev–Trinajstić information content (AvgIpc) is 2.45. The maximum atomic E-state index is 11.3. The Morgan fingerprint density at radius 1 is 1.43 bits per heavy atom. The molecule has 0 saturated heterocycles. The highest BCUT2D eigenvalue weighted by Crippen LogP contribution is 2.31. The van der Waals surface area contributed by atoms with E-state index < -0.39 is 29.5 Å².